The van der Waals surface area contributed by atoms with Gasteiger partial charge in [0, 0.05) is 69.8 Å². The van der Waals surface area contributed by atoms with Gasteiger partial charge in [-0.25, -0.2) is 4.39 Å². The molecule has 1 aromatic heterocycles. The number of benzene rings is 1. The van der Waals surface area contributed by atoms with Crippen molar-refractivity contribution >= 4 is 11.6 Å². The number of halogens is 1. The highest BCUT2D eigenvalue weighted by atomic mass is 19.1. The Labute approximate surface area is 172 Å². The molecule has 1 unspecified atom stereocenters. The van der Waals surface area contributed by atoms with Crippen LogP contribution in [0.25, 0.3) is 0 Å². The Balaban J connectivity index is 1.26. The molecule has 0 N–H and O–H groups in total. The fourth-order valence-corrected chi connectivity index (χ4v) is 4.43. The molecule has 2 aliphatic heterocycles. The number of nitrogens with zero attached hydrogens (tertiary/aromatic N) is 4. The van der Waals surface area contributed by atoms with Crippen LogP contribution in [0.15, 0.2) is 48.8 Å². The number of anilines is 1. The van der Waals surface area contributed by atoms with E-state index in [2.05, 4.69) is 19.7 Å². The summed E-state index contributed by atoms with van der Waals surface area (Å²) in [5.41, 5.74) is 2.20. The Kier molecular flexibility index (Phi) is 6.39. The van der Waals surface area contributed by atoms with E-state index in [1.807, 2.05) is 30.5 Å². The van der Waals surface area contributed by atoms with Crippen molar-refractivity contribution < 1.29 is 9.18 Å². The third-order valence-electron chi connectivity index (χ3n) is 6.12. The summed E-state index contributed by atoms with van der Waals surface area (Å²) < 4.78 is 13.2. The number of amides is 1. The van der Waals surface area contributed by atoms with Crippen molar-refractivity contribution in [3.05, 3.63) is 60.2 Å². The Morgan fingerprint density at radius 1 is 1.07 bits per heavy atom. The molecule has 0 spiro atoms. The van der Waals surface area contributed by atoms with Crippen molar-refractivity contribution in [1.29, 1.82) is 0 Å². The van der Waals surface area contributed by atoms with Crippen LogP contribution in [0.3, 0.4) is 0 Å². The molecule has 0 aliphatic carbocycles. The van der Waals surface area contributed by atoms with Crippen molar-refractivity contribution in [1.82, 2.24) is 14.8 Å². The number of carbonyl (C=O) groups is 1. The van der Waals surface area contributed by atoms with Crippen molar-refractivity contribution in [2.75, 3.05) is 44.2 Å². The number of pyridine rings is 1. The van der Waals surface area contributed by atoms with Gasteiger partial charge in [0.25, 0.3) is 0 Å². The first-order valence-electron chi connectivity index (χ1n) is 10.6. The lowest BCUT2D eigenvalue weighted by Crippen LogP contribution is -2.55. The number of piperidine rings is 1. The Morgan fingerprint density at radius 2 is 1.86 bits per heavy atom. The lowest BCUT2D eigenvalue weighted by molar-refractivity contribution is -0.133. The van der Waals surface area contributed by atoms with Gasteiger partial charge >= 0.3 is 0 Å². The van der Waals surface area contributed by atoms with Gasteiger partial charge in [0.15, 0.2) is 0 Å². The third-order valence-corrected chi connectivity index (χ3v) is 6.12. The molecular formula is C23H29FN4O. The van der Waals surface area contributed by atoms with Crippen LogP contribution >= 0.6 is 0 Å². The topological polar surface area (TPSA) is 39.7 Å². The van der Waals surface area contributed by atoms with Gasteiger partial charge in [0.2, 0.25) is 5.91 Å². The monoisotopic (exact) mass is 396 g/mol. The zero-order valence-corrected chi connectivity index (χ0v) is 16.8. The zero-order chi connectivity index (χ0) is 20.1. The van der Waals surface area contributed by atoms with Gasteiger partial charge in [-0.1, -0.05) is 6.07 Å². The van der Waals surface area contributed by atoms with Crippen molar-refractivity contribution in [2.45, 2.75) is 31.7 Å². The zero-order valence-electron chi connectivity index (χ0n) is 16.8. The molecule has 1 atom stereocenters. The molecule has 2 fully saturated rings. The van der Waals surface area contributed by atoms with E-state index < -0.39 is 0 Å². The Hall–Kier alpha value is -2.47. The first kappa shape index (κ1) is 19.8. The summed E-state index contributed by atoms with van der Waals surface area (Å²) in [6.45, 7) is 5.56. The van der Waals surface area contributed by atoms with Crippen LogP contribution in [0.4, 0.5) is 10.1 Å². The Bertz CT molecular complexity index is 790. The first-order chi connectivity index (χ1) is 14.2. The molecule has 2 aromatic rings. The molecule has 0 radical (unpaired) electrons. The van der Waals surface area contributed by atoms with Crippen molar-refractivity contribution in [3.8, 4) is 0 Å². The second-order valence-corrected chi connectivity index (χ2v) is 8.00. The lowest BCUT2D eigenvalue weighted by Gasteiger charge is -2.44. The quantitative estimate of drug-likeness (QED) is 0.779. The van der Waals surface area contributed by atoms with Gasteiger partial charge in [0.1, 0.15) is 5.82 Å². The molecule has 5 nitrogen and oxygen atoms in total. The number of hydrogen-bond donors (Lipinski definition) is 0. The number of aromatic nitrogens is 1. The van der Waals surface area contributed by atoms with Gasteiger partial charge in [0.05, 0.1) is 0 Å². The fourth-order valence-electron chi connectivity index (χ4n) is 4.43. The van der Waals surface area contributed by atoms with Gasteiger partial charge in [-0.2, -0.15) is 0 Å². The normalized spacial score (nSPS) is 20.7. The molecule has 154 valence electrons. The minimum Gasteiger partial charge on any atom is -0.369 e. The maximum Gasteiger partial charge on any atom is 0.222 e. The van der Waals surface area contributed by atoms with Gasteiger partial charge in [-0.3, -0.25) is 14.7 Å². The SMILES string of the molecule is O=C(CCc1cccnc1)N1CCCC(N2CCN(c3ccc(F)cc3)CC2)C1. The van der Waals surface area contributed by atoms with Crippen LogP contribution in [0.1, 0.15) is 24.8 Å². The molecule has 0 saturated carbocycles. The highest BCUT2D eigenvalue weighted by molar-refractivity contribution is 5.76. The molecule has 29 heavy (non-hydrogen) atoms. The number of likely N-dealkylation sites (tertiary alicyclic amines) is 1. The summed E-state index contributed by atoms with van der Waals surface area (Å²) in [5, 5.41) is 0. The van der Waals surface area contributed by atoms with E-state index in [0.29, 0.717) is 12.5 Å². The highest BCUT2D eigenvalue weighted by Gasteiger charge is 2.29. The fraction of sp³-hybridized carbons (Fsp3) is 0.478. The number of piperazine rings is 1. The van der Waals surface area contributed by atoms with Crippen LogP contribution in [-0.2, 0) is 11.2 Å². The van der Waals surface area contributed by atoms with E-state index in [-0.39, 0.29) is 11.7 Å². The summed E-state index contributed by atoms with van der Waals surface area (Å²) in [6.07, 6.45) is 7.13. The Morgan fingerprint density at radius 3 is 2.59 bits per heavy atom. The first-order valence-corrected chi connectivity index (χ1v) is 10.6. The van der Waals surface area contributed by atoms with Crippen LogP contribution in [-0.4, -0.2) is 66.0 Å². The predicted octanol–water partition coefficient (Wildman–Crippen LogP) is 2.97. The molecule has 0 bridgehead atoms. The van der Waals surface area contributed by atoms with Crippen LogP contribution in [0.5, 0.6) is 0 Å². The van der Waals surface area contributed by atoms with Gasteiger partial charge in [-0.15, -0.1) is 0 Å². The molecule has 2 aliphatic rings. The second kappa shape index (κ2) is 9.35. The summed E-state index contributed by atoms with van der Waals surface area (Å²) in [4.78, 5) is 23.7. The van der Waals surface area contributed by atoms with Crippen LogP contribution in [0, 0.1) is 5.82 Å². The number of aryl methyl sites for hydroxylation is 1. The van der Waals surface area contributed by atoms with E-state index in [1.54, 1.807) is 6.20 Å². The third kappa shape index (κ3) is 5.12. The second-order valence-electron chi connectivity index (χ2n) is 8.00. The summed E-state index contributed by atoms with van der Waals surface area (Å²) in [6, 6.07) is 11.2. The molecule has 1 amide bonds. The number of rotatable bonds is 5. The summed E-state index contributed by atoms with van der Waals surface area (Å²) in [7, 11) is 0. The molecule has 3 heterocycles. The standard InChI is InChI=1S/C23H29FN4O/c24-20-6-8-21(9-7-20)26-13-15-27(16-14-26)22-4-2-12-28(18-22)23(29)10-5-19-3-1-11-25-17-19/h1,3,6-9,11,17,22H,2,4-5,10,12-16,18H2. The number of carbonyl (C=O) groups excluding carboxylic acids is 1. The van der Waals surface area contributed by atoms with E-state index in [0.717, 1.165) is 69.8 Å². The maximum absolute atomic E-state index is 13.2. The number of hydrogen-bond acceptors (Lipinski definition) is 4. The van der Waals surface area contributed by atoms with E-state index in [9.17, 15) is 9.18 Å². The smallest absolute Gasteiger partial charge is 0.222 e. The van der Waals surface area contributed by atoms with E-state index in [4.69, 9.17) is 0 Å². The molecule has 1 aromatic carbocycles. The summed E-state index contributed by atoms with van der Waals surface area (Å²) >= 11 is 0. The lowest BCUT2D eigenvalue weighted by atomic mass is 10.0. The average Bonchev–Trinajstić information content (AvgIpc) is 2.79. The minimum absolute atomic E-state index is 0.192. The highest BCUT2D eigenvalue weighted by Crippen LogP contribution is 2.22. The van der Waals surface area contributed by atoms with Gasteiger partial charge in [-0.05, 0) is 55.2 Å². The van der Waals surface area contributed by atoms with Crippen molar-refractivity contribution in [3.63, 3.8) is 0 Å². The summed E-state index contributed by atoms with van der Waals surface area (Å²) in [5.74, 6) is 0.0615. The van der Waals surface area contributed by atoms with Crippen LogP contribution < -0.4 is 4.90 Å². The average molecular weight is 397 g/mol. The van der Waals surface area contributed by atoms with E-state index >= 15 is 0 Å². The molecular weight excluding hydrogens is 367 g/mol. The minimum atomic E-state index is -0.192. The van der Waals surface area contributed by atoms with E-state index in [1.165, 1.54) is 12.1 Å². The maximum atomic E-state index is 13.2. The largest absolute Gasteiger partial charge is 0.369 e. The van der Waals surface area contributed by atoms with Crippen LogP contribution in [0.2, 0.25) is 0 Å². The molecule has 2 saturated heterocycles. The van der Waals surface area contributed by atoms with Gasteiger partial charge < -0.3 is 9.80 Å². The van der Waals surface area contributed by atoms with Crippen molar-refractivity contribution in [2.24, 2.45) is 0 Å². The molecule has 4 rings (SSSR count). The predicted molar refractivity (Wildman–Crippen MR) is 112 cm³/mol. The molecule has 6 heteroatoms.